The van der Waals surface area contributed by atoms with E-state index in [0.29, 0.717) is 5.56 Å². The van der Waals surface area contributed by atoms with E-state index in [-0.39, 0.29) is 6.42 Å². The minimum Gasteiger partial charge on any atom is -0.481 e. The van der Waals surface area contributed by atoms with Crippen LogP contribution in [0.15, 0.2) is 30.3 Å². The summed E-state index contributed by atoms with van der Waals surface area (Å²) in [5, 5.41) is 56.3. The molecule has 1 aromatic carbocycles. The van der Waals surface area contributed by atoms with Crippen molar-refractivity contribution in [1.82, 2.24) is 42.5 Å². The first-order chi connectivity index (χ1) is 32.5. The van der Waals surface area contributed by atoms with Gasteiger partial charge in [0.1, 0.15) is 48.3 Å². The lowest BCUT2D eigenvalue weighted by Gasteiger charge is -2.27. The molecule has 0 spiro atoms. The van der Waals surface area contributed by atoms with Gasteiger partial charge in [0.15, 0.2) is 0 Å². The lowest BCUT2D eigenvalue weighted by atomic mass is 10.0. The molecule has 388 valence electrons. The number of nitrogens with two attached hydrogens (primary N) is 3. The molecule has 28 heteroatoms. The second-order valence-electron chi connectivity index (χ2n) is 16.5. The van der Waals surface area contributed by atoms with Crippen LogP contribution in [0.3, 0.4) is 0 Å². The number of primary amides is 2. The molecule has 0 radical (unpaired) electrons. The lowest BCUT2D eigenvalue weighted by molar-refractivity contribution is -0.143. The Morgan fingerprint density at radius 1 is 0.486 bits per heavy atom. The minimum absolute atomic E-state index is 0.209. The Morgan fingerprint density at radius 3 is 1.29 bits per heavy atom. The largest absolute Gasteiger partial charge is 0.481 e. The maximum absolute atomic E-state index is 13.8. The van der Waals surface area contributed by atoms with E-state index in [1.54, 1.807) is 30.3 Å². The van der Waals surface area contributed by atoms with Crippen molar-refractivity contribution >= 4 is 77.0 Å². The molecule has 0 saturated carbocycles. The highest BCUT2D eigenvalue weighted by atomic mass is 16.4. The van der Waals surface area contributed by atoms with Crippen molar-refractivity contribution in [2.24, 2.45) is 23.1 Å². The summed E-state index contributed by atoms with van der Waals surface area (Å²) in [5.74, 6) is -16.4. The average Bonchev–Trinajstić information content (AvgIpc) is 3.25. The number of aliphatic carboxylic acids is 3. The minimum atomic E-state index is -1.99. The Hall–Kier alpha value is -7.75. The number of carbonyl (C=O) groups excluding carboxylic acids is 10. The van der Waals surface area contributed by atoms with Gasteiger partial charge < -0.3 is 80.2 Å². The number of hydrogen-bond donors (Lipinski definition) is 15. The van der Waals surface area contributed by atoms with Gasteiger partial charge in [-0.05, 0) is 45.1 Å². The van der Waals surface area contributed by atoms with E-state index in [1.807, 2.05) is 0 Å². The first-order valence-corrected chi connectivity index (χ1v) is 21.7. The van der Waals surface area contributed by atoms with Crippen LogP contribution in [-0.4, -0.2) is 158 Å². The summed E-state index contributed by atoms with van der Waals surface area (Å²) in [6, 6.07) is -6.66. The number of benzene rings is 1. The van der Waals surface area contributed by atoms with E-state index in [0.717, 1.165) is 13.8 Å². The van der Waals surface area contributed by atoms with Gasteiger partial charge >= 0.3 is 17.9 Å². The van der Waals surface area contributed by atoms with Crippen molar-refractivity contribution in [2.75, 3.05) is 0 Å². The fourth-order valence-corrected chi connectivity index (χ4v) is 6.17. The van der Waals surface area contributed by atoms with Crippen LogP contribution in [0.4, 0.5) is 0 Å². The molecular formula is C42H63N11O17. The molecule has 0 heterocycles. The summed E-state index contributed by atoms with van der Waals surface area (Å²) in [6.07, 6.45) is -6.46. The summed E-state index contributed by atoms with van der Waals surface area (Å²) >= 11 is 0. The van der Waals surface area contributed by atoms with Gasteiger partial charge in [-0.3, -0.25) is 57.5 Å². The fourth-order valence-electron chi connectivity index (χ4n) is 6.17. The normalized spacial score (nSPS) is 15.2. The molecule has 0 saturated heterocycles. The molecule has 1 rings (SSSR count). The van der Waals surface area contributed by atoms with E-state index >= 15 is 0 Å². The molecule has 18 N–H and O–H groups in total. The molecule has 10 amide bonds. The monoisotopic (exact) mass is 993 g/mol. The molecule has 28 nitrogen and oxygen atoms in total. The molecule has 0 unspecified atom stereocenters. The van der Waals surface area contributed by atoms with Gasteiger partial charge in [0.25, 0.3) is 0 Å². The Kier molecular flexibility index (Phi) is 25.1. The third-order valence-corrected chi connectivity index (χ3v) is 10.0. The molecule has 0 aliphatic carbocycles. The standard InChI is InChI=1S/C42H63N11O17/c1-18(2)32(42(69)70)52-40(67)25(15-22-9-7-6-8-10-22)49-37(64)24(12-14-31(59)60)48-39(66)27(17-29(45)56)50-36(63)23(11-13-30(57)58)47-35(62)20(4)46-38(65)26(16-28(44)55)51-41(68)33(21(5)54)53-34(61)19(3)43/h6-10,18-21,23-27,32-33,54H,11-17,43H2,1-5H3,(H2,44,55)(H2,45,56)(H,46,65)(H,47,62)(H,48,66)(H,49,64)(H,50,63)(H,51,68)(H,52,67)(H,53,61)(H,57,58)(H,59,60)(H,69,70)/t19-,20-,21+,23-,24-,25-,26-,27-,32-,33-/m0/s1. The topological polar surface area (TPSA) is 477 Å². The molecule has 0 fully saturated rings. The highest BCUT2D eigenvalue weighted by Crippen LogP contribution is 2.10. The van der Waals surface area contributed by atoms with Crippen molar-refractivity contribution < 1.29 is 82.8 Å². The van der Waals surface area contributed by atoms with Crippen molar-refractivity contribution in [3.05, 3.63) is 35.9 Å². The van der Waals surface area contributed by atoms with Crippen LogP contribution >= 0.6 is 0 Å². The molecule has 0 bridgehead atoms. The second kappa shape index (κ2) is 29.2. The third-order valence-electron chi connectivity index (χ3n) is 10.0. The maximum atomic E-state index is 13.8. The number of carbonyl (C=O) groups is 13. The van der Waals surface area contributed by atoms with Crippen LogP contribution < -0.4 is 59.7 Å². The average molecular weight is 994 g/mol. The van der Waals surface area contributed by atoms with Gasteiger partial charge in [-0.2, -0.15) is 0 Å². The number of carboxylic acids is 3. The summed E-state index contributed by atoms with van der Waals surface area (Å²) in [5.41, 5.74) is 16.6. The summed E-state index contributed by atoms with van der Waals surface area (Å²) in [4.78, 5) is 166. The zero-order valence-corrected chi connectivity index (χ0v) is 39.0. The van der Waals surface area contributed by atoms with E-state index in [4.69, 9.17) is 17.2 Å². The Balaban J connectivity index is 3.43. The third kappa shape index (κ3) is 21.9. The first kappa shape index (κ1) is 60.3. The number of amides is 10. The summed E-state index contributed by atoms with van der Waals surface area (Å²) < 4.78 is 0. The van der Waals surface area contributed by atoms with E-state index in [9.17, 15) is 82.8 Å². The van der Waals surface area contributed by atoms with Gasteiger partial charge in [0.05, 0.1) is 25.0 Å². The van der Waals surface area contributed by atoms with Gasteiger partial charge in [-0.15, -0.1) is 0 Å². The number of aliphatic hydroxyl groups is 1. The van der Waals surface area contributed by atoms with Gasteiger partial charge in [0, 0.05) is 19.3 Å². The summed E-state index contributed by atoms with van der Waals surface area (Å²) in [6.45, 7) is 6.52. The number of nitrogens with one attached hydrogen (secondary N) is 8. The van der Waals surface area contributed by atoms with Crippen LogP contribution in [0, 0.1) is 5.92 Å². The van der Waals surface area contributed by atoms with Crippen LogP contribution in [-0.2, 0) is 68.7 Å². The number of hydrogen-bond acceptors (Lipinski definition) is 15. The van der Waals surface area contributed by atoms with E-state index in [1.165, 1.54) is 20.8 Å². The molecule has 70 heavy (non-hydrogen) atoms. The Bertz CT molecular complexity index is 2090. The van der Waals surface area contributed by atoms with E-state index in [2.05, 4.69) is 42.5 Å². The molecule has 0 aliphatic heterocycles. The molecule has 0 aliphatic rings. The summed E-state index contributed by atoms with van der Waals surface area (Å²) in [7, 11) is 0. The fraction of sp³-hybridized carbons (Fsp3) is 0.548. The van der Waals surface area contributed by atoms with Crippen molar-refractivity contribution in [1.29, 1.82) is 0 Å². The van der Waals surface area contributed by atoms with Gasteiger partial charge in [-0.25, -0.2) is 4.79 Å². The Labute approximate surface area is 400 Å². The Morgan fingerprint density at radius 2 is 0.871 bits per heavy atom. The zero-order valence-electron chi connectivity index (χ0n) is 39.0. The lowest BCUT2D eigenvalue weighted by Crippen LogP contribution is -2.61. The SMILES string of the molecule is CC(C)[C@H](NC(=O)[C@H](Cc1ccccc1)NC(=O)[C@H](CCC(=O)O)NC(=O)[C@H](CC(N)=O)NC(=O)[C@H](CCC(=O)O)NC(=O)[C@H](C)NC(=O)[C@H](CC(N)=O)NC(=O)[C@@H](NC(=O)[C@H](C)N)[C@@H](C)O)C(=O)O. The highest BCUT2D eigenvalue weighted by molar-refractivity contribution is 6.00. The quantitative estimate of drug-likeness (QED) is 0.0329. The first-order valence-electron chi connectivity index (χ1n) is 21.7. The van der Waals surface area contributed by atoms with Gasteiger partial charge in [0.2, 0.25) is 59.1 Å². The van der Waals surface area contributed by atoms with Crippen LogP contribution in [0.1, 0.15) is 78.7 Å². The van der Waals surface area contributed by atoms with Crippen molar-refractivity contribution in [3.63, 3.8) is 0 Å². The predicted octanol–water partition coefficient (Wildman–Crippen LogP) is -5.92. The zero-order chi connectivity index (χ0) is 53.6. The molecular weight excluding hydrogens is 931 g/mol. The number of rotatable bonds is 31. The number of aliphatic hydroxyl groups excluding tert-OH is 1. The van der Waals surface area contributed by atoms with Gasteiger partial charge in [-0.1, -0.05) is 44.2 Å². The second-order valence-corrected chi connectivity index (χ2v) is 16.5. The molecule has 10 atom stereocenters. The molecule has 0 aromatic heterocycles. The maximum Gasteiger partial charge on any atom is 0.326 e. The van der Waals surface area contributed by atoms with Crippen molar-refractivity contribution in [2.45, 2.75) is 140 Å². The molecule has 1 aromatic rings. The van der Waals surface area contributed by atoms with E-state index < -0.39 is 182 Å². The van der Waals surface area contributed by atoms with Crippen LogP contribution in [0.5, 0.6) is 0 Å². The van der Waals surface area contributed by atoms with Crippen LogP contribution in [0.2, 0.25) is 0 Å². The highest BCUT2D eigenvalue weighted by Gasteiger charge is 2.36. The number of carboxylic acid groups (broad SMARTS) is 3. The predicted molar refractivity (Wildman–Crippen MR) is 240 cm³/mol. The van der Waals surface area contributed by atoms with Crippen LogP contribution in [0.25, 0.3) is 0 Å². The smallest absolute Gasteiger partial charge is 0.326 e. The van der Waals surface area contributed by atoms with Crippen molar-refractivity contribution in [3.8, 4) is 0 Å².